The first-order valence-electron chi connectivity index (χ1n) is 8.30. The predicted molar refractivity (Wildman–Crippen MR) is 95.0 cm³/mol. The summed E-state index contributed by atoms with van der Waals surface area (Å²) in [5.74, 6) is 2.79. The topological polar surface area (TPSA) is 51.6 Å². The molecule has 1 aromatic heterocycles. The van der Waals surface area contributed by atoms with Crippen molar-refractivity contribution in [3.8, 4) is 11.5 Å². The van der Waals surface area contributed by atoms with E-state index in [0.29, 0.717) is 13.2 Å². The molecule has 0 radical (unpaired) electrons. The molecule has 1 unspecified atom stereocenters. The fourth-order valence-corrected chi connectivity index (χ4v) is 3.16. The second kappa shape index (κ2) is 6.73. The van der Waals surface area contributed by atoms with E-state index in [-0.39, 0.29) is 6.04 Å². The van der Waals surface area contributed by atoms with Crippen LogP contribution in [0.15, 0.2) is 18.2 Å². The van der Waals surface area contributed by atoms with Crippen molar-refractivity contribution in [1.82, 2.24) is 15.1 Å². The van der Waals surface area contributed by atoms with Crippen LogP contribution in [0.3, 0.4) is 0 Å². The van der Waals surface area contributed by atoms with Crippen LogP contribution in [0.5, 0.6) is 11.5 Å². The Balaban J connectivity index is 1.73. The summed E-state index contributed by atoms with van der Waals surface area (Å²) < 4.78 is 13.2. The number of aromatic nitrogens is 2. The minimum absolute atomic E-state index is 0.204. The highest BCUT2D eigenvalue weighted by Crippen LogP contribution is 2.32. The van der Waals surface area contributed by atoms with Crippen LogP contribution in [0.2, 0.25) is 0 Å². The molecule has 1 aliphatic rings. The van der Waals surface area contributed by atoms with Crippen molar-refractivity contribution in [3.63, 3.8) is 0 Å². The Bertz CT molecular complexity index is 724. The third-order valence-corrected chi connectivity index (χ3v) is 4.39. The molecular formula is C18H26N4O2. The Kier molecular flexibility index (Phi) is 4.66. The summed E-state index contributed by atoms with van der Waals surface area (Å²) >= 11 is 0. The molecule has 0 bridgehead atoms. The van der Waals surface area contributed by atoms with E-state index in [4.69, 9.17) is 9.47 Å². The van der Waals surface area contributed by atoms with Gasteiger partial charge < -0.3 is 19.7 Å². The van der Waals surface area contributed by atoms with E-state index in [1.54, 1.807) is 0 Å². The van der Waals surface area contributed by atoms with E-state index in [0.717, 1.165) is 29.6 Å². The van der Waals surface area contributed by atoms with Gasteiger partial charge in [0.1, 0.15) is 19.0 Å². The van der Waals surface area contributed by atoms with E-state index in [1.165, 1.54) is 11.1 Å². The number of hydrogen-bond acceptors (Lipinski definition) is 5. The Morgan fingerprint density at radius 2 is 1.96 bits per heavy atom. The van der Waals surface area contributed by atoms with Gasteiger partial charge in [-0.15, -0.1) is 0 Å². The van der Waals surface area contributed by atoms with Crippen molar-refractivity contribution in [3.05, 3.63) is 35.0 Å². The van der Waals surface area contributed by atoms with Crippen LogP contribution in [0.25, 0.3) is 0 Å². The summed E-state index contributed by atoms with van der Waals surface area (Å²) in [4.78, 5) is 2.10. The molecule has 0 fully saturated rings. The van der Waals surface area contributed by atoms with Crippen molar-refractivity contribution < 1.29 is 9.47 Å². The van der Waals surface area contributed by atoms with Gasteiger partial charge in [0.15, 0.2) is 11.5 Å². The molecule has 1 atom stereocenters. The molecule has 0 spiro atoms. The molecule has 0 amide bonds. The quantitative estimate of drug-likeness (QED) is 0.912. The molecule has 3 rings (SSSR count). The maximum absolute atomic E-state index is 5.68. The maximum Gasteiger partial charge on any atom is 0.161 e. The van der Waals surface area contributed by atoms with Crippen molar-refractivity contribution in [1.29, 1.82) is 0 Å². The van der Waals surface area contributed by atoms with E-state index in [1.807, 2.05) is 31.9 Å². The molecule has 0 aliphatic carbocycles. The summed E-state index contributed by atoms with van der Waals surface area (Å²) in [7, 11) is 6.07. The Hall–Kier alpha value is -2.21. The zero-order valence-corrected chi connectivity index (χ0v) is 15.1. The van der Waals surface area contributed by atoms with Gasteiger partial charge in [0, 0.05) is 39.3 Å². The second-order valence-corrected chi connectivity index (χ2v) is 6.41. The lowest BCUT2D eigenvalue weighted by Gasteiger charge is -2.21. The summed E-state index contributed by atoms with van der Waals surface area (Å²) in [6.45, 7) is 6.21. The van der Waals surface area contributed by atoms with Gasteiger partial charge in [0.2, 0.25) is 0 Å². The Morgan fingerprint density at radius 1 is 1.25 bits per heavy atom. The number of ether oxygens (including phenoxy) is 2. The van der Waals surface area contributed by atoms with E-state index >= 15 is 0 Å². The molecule has 24 heavy (non-hydrogen) atoms. The van der Waals surface area contributed by atoms with Crippen LogP contribution in [-0.2, 0) is 13.6 Å². The number of anilines is 1. The number of rotatable bonds is 5. The molecule has 1 aliphatic heterocycles. The maximum atomic E-state index is 5.68. The van der Waals surface area contributed by atoms with Gasteiger partial charge in [-0.3, -0.25) is 4.68 Å². The minimum atomic E-state index is 0.204. The Morgan fingerprint density at radius 3 is 2.67 bits per heavy atom. The summed E-state index contributed by atoms with van der Waals surface area (Å²) in [6.07, 6.45) is 0. The number of fused-ring (bicyclic) bond motifs is 1. The molecule has 6 nitrogen and oxygen atoms in total. The summed E-state index contributed by atoms with van der Waals surface area (Å²) in [5, 5.41) is 8.13. The van der Waals surface area contributed by atoms with Crippen LogP contribution < -0.4 is 19.7 Å². The number of nitrogens with one attached hydrogen (secondary N) is 1. The van der Waals surface area contributed by atoms with Gasteiger partial charge in [-0.05, 0) is 31.5 Å². The van der Waals surface area contributed by atoms with E-state index in [2.05, 4.69) is 41.3 Å². The van der Waals surface area contributed by atoms with E-state index < -0.39 is 0 Å². The van der Waals surface area contributed by atoms with Crippen LogP contribution in [0, 0.1) is 6.92 Å². The van der Waals surface area contributed by atoms with Crippen molar-refractivity contribution >= 4 is 5.82 Å². The number of benzene rings is 1. The SMILES string of the molecule is Cc1nn(C)c(N(C)C)c1CNC(C)c1ccc2c(c1)OCCO2. The van der Waals surface area contributed by atoms with Crippen molar-refractivity contribution in [2.45, 2.75) is 26.4 Å². The van der Waals surface area contributed by atoms with Gasteiger partial charge in [-0.2, -0.15) is 5.10 Å². The average molecular weight is 330 g/mol. The van der Waals surface area contributed by atoms with Crippen molar-refractivity contribution in [2.75, 3.05) is 32.2 Å². The van der Waals surface area contributed by atoms with Crippen LogP contribution in [-0.4, -0.2) is 37.1 Å². The third kappa shape index (κ3) is 3.19. The largest absolute Gasteiger partial charge is 0.486 e. The lowest BCUT2D eigenvalue weighted by molar-refractivity contribution is 0.171. The lowest BCUT2D eigenvalue weighted by Crippen LogP contribution is -2.22. The zero-order valence-electron chi connectivity index (χ0n) is 15.1. The van der Waals surface area contributed by atoms with Crippen LogP contribution in [0.4, 0.5) is 5.82 Å². The van der Waals surface area contributed by atoms with Gasteiger partial charge >= 0.3 is 0 Å². The molecule has 0 saturated heterocycles. The number of nitrogens with zero attached hydrogens (tertiary/aromatic N) is 3. The standard InChI is InChI=1S/C18H26N4O2/c1-12(14-6-7-16-17(10-14)24-9-8-23-16)19-11-15-13(2)20-22(5)18(15)21(3)4/h6-7,10,12,19H,8-9,11H2,1-5H3. The first-order chi connectivity index (χ1) is 11.5. The first-order valence-corrected chi connectivity index (χ1v) is 8.30. The molecular weight excluding hydrogens is 304 g/mol. The fourth-order valence-electron chi connectivity index (χ4n) is 3.16. The van der Waals surface area contributed by atoms with Gasteiger partial charge in [-0.1, -0.05) is 6.07 Å². The molecule has 130 valence electrons. The third-order valence-electron chi connectivity index (χ3n) is 4.39. The minimum Gasteiger partial charge on any atom is -0.486 e. The highest BCUT2D eigenvalue weighted by Gasteiger charge is 2.17. The molecule has 2 heterocycles. The second-order valence-electron chi connectivity index (χ2n) is 6.41. The highest BCUT2D eigenvalue weighted by molar-refractivity contribution is 5.49. The molecule has 1 aromatic carbocycles. The average Bonchev–Trinajstić information content (AvgIpc) is 2.85. The first kappa shape index (κ1) is 16.6. The fraction of sp³-hybridized carbons (Fsp3) is 0.500. The summed E-state index contributed by atoms with van der Waals surface area (Å²) in [6, 6.07) is 6.35. The molecule has 6 heteroatoms. The van der Waals surface area contributed by atoms with E-state index in [9.17, 15) is 0 Å². The predicted octanol–water partition coefficient (Wildman–Crippen LogP) is 2.42. The number of aryl methyl sites for hydroxylation is 2. The monoisotopic (exact) mass is 330 g/mol. The highest BCUT2D eigenvalue weighted by atomic mass is 16.6. The normalized spacial score (nSPS) is 14.5. The summed E-state index contributed by atoms with van der Waals surface area (Å²) in [5.41, 5.74) is 3.47. The van der Waals surface area contributed by atoms with Crippen LogP contribution in [0.1, 0.15) is 29.8 Å². The molecule has 2 aromatic rings. The molecule has 1 N–H and O–H groups in total. The van der Waals surface area contributed by atoms with Crippen molar-refractivity contribution in [2.24, 2.45) is 7.05 Å². The smallest absolute Gasteiger partial charge is 0.161 e. The number of hydrogen-bond donors (Lipinski definition) is 1. The zero-order chi connectivity index (χ0) is 17.3. The lowest BCUT2D eigenvalue weighted by atomic mass is 10.1. The van der Waals surface area contributed by atoms with Crippen LogP contribution >= 0.6 is 0 Å². The van der Waals surface area contributed by atoms with Gasteiger partial charge in [0.25, 0.3) is 0 Å². The Labute approximate surface area is 143 Å². The van der Waals surface area contributed by atoms with Gasteiger partial charge in [0.05, 0.1) is 5.69 Å². The van der Waals surface area contributed by atoms with Gasteiger partial charge in [-0.25, -0.2) is 0 Å². The molecule has 0 saturated carbocycles.